The molecule has 0 saturated carbocycles. The molecule has 5 heteroatoms. The molecule has 0 aliphatic carbocycles. The van der Waals surface area contributed by atoms with Gasteiger partial charge in [0.25, 0.3) is 0 Å². The molecule has 0 aliphatic rings. The molecule has 1 N–H and O–H groups in total. The molecule has 0 saturated heterocycles. The Hall–Kier alpha value is -1.23. The summed E-state index contributed by atoms with van der Waals surface area (Å²) in [6, 6.07) is 6.51. The number of nitrogens with one attached hydrogen (secondary N) is 1. The van der Waals surface area contributed by atoms with Crippen molar-refractivity contribution in [3.05, 3.63) is 29.8 Å². The van der Waals surface area contributed by atoms with Crippen LogP contribution < -0.4 is 10.1 Å². The molecule has 2 nitrogen and oxygen atoms in total. The Balaban J connectivity index is 2.47. The zero-order valence-electron chi connectivity index (χ0n) is 12.8. The molecule has 0 bridgehead atoms. The summed E-state index contributed by atoms with van der Waals surface area (Å²) in [5.41, 5.74) is 0.519. The second-order valence-electron chi connectivity index (χ2n) is 5.76. The van der Waals surface area contributed by atoms with Crippen LogP contribution in [0.5, 0.6) is 5.75 Å². The van der Waals surface area contributed by atoms with E-state index in [-0.39, 0.29) is 11.8 Å². The fourth-order valence-electron chi connectivity index (χ4n) is 2.09. The molecule has 0 radical (unpaired) electrons. The molecule has 21 heavy (non-hydrogen) atoms. The Morgan fingerprint density at radius 2 is 1.76 bits per heavy atom. The van der Waals surface area contributed by atoms with E-state index < -0.39 is 6.36 Å². The predicted octanol–water partition coefficient (Wildman–Crippen LogP) is 4.89. The van der Waals surface area contributed by atoms with Gasteiger partial charge in [-0.05, 0) is 25.3 Å². The van der Waals surface area contributed by atoms with Gasteiger partial charge in [0.05, 0.1) is 0 Å². The molecule has 0 aliphatic heterocycles. The Morgan fingerprint density at radius 1 is 1.10 bits per heavy atom. The maximum Gasteiger partial charge on any atom is 0.573 e. The molecule has 0 heterocycles. The molecule has 1 rings (SSSR count). The van der Waals surface area contributed by atoms with Crippen molar-refractivity contribution in [3.8, 4) is 5.75 Å². The van der Waals surface area contributed by atoms with Crippen LogP contribution >= 0.6 is 0 Å². The van der Waals surface area contributed by atoms with E-state index in [1.165, 1.54) is 18.6 Å². The summed E-state index contributed by atoms with van der Waals surface area (Å²) in [4.78, 5) is 0. The van der Waals surface area contributed by atoms with E-state index in [2.05, 4.69) is 23.9 Å². The second-order valence-corrected chi connectivity index (χ2v) is 5.76. The average molecular weight is 303 g/mol. The lowest BCUT2D eigenvalue weighted by atomic mass is 10.0. The summed E-state index contributed by atoms with van der Waals surface area (Å²) in [5.74, 6) is 0.546. The average Bonchev–Trinajstić information content (AvgIpc) is 2.35. The highest BCUT2D eigenvalue weighted by Crippen LogP contribution is 2.26. The van der Waals surface area contributed by atoms with Gasteiger partial charge in [0.15, 0.2) is 0 Å². The van der Waals surface area contributed by atoms with Crippen LogP contribution in [0.1, 0.15) is 45.6 Å². The smallest absolute Gasteiger partial charge is 0.405 e. The normalized spacial score (nSPS) is 13.5. The lowest BCUT2D eigenvalue weighted by Crippen LogP contribution is -2.26. The molecule has 0 aromatic heterocycles. The minimum atomic E-state index is -4.65. The topological polar surface area (TPSA) is 21.3 Å². The first-order chi connectivity index (χ1) is 9.78. The Bertz CT molecular complexity index is 418. The van der Waals surface area contributed by atoms with Gasteiger partial charge < -0.3 is 10.1 Å². The molecule has 120 valence electrons. The Kier molecular flexibility index (Phi) is 7.02. The first-order valence-electron chi connectivity index (χ1n) is 7.35. The number of ether oxygens (including phenoxy) is 1. The van der Waals surface area contributed by atoms with Crippen LogP contribution in [0.2, 0.25) is 0 Å². The molecule has 0 spiro atoms. The van der Waals surface area contributed by atoms with E-state index in [9.17, 15) is 13.2 Å². The number of benzene rings is 1. The molecular formula is C16H24F3NO. The van der Waals surface area contributed by atoms with Crippen LogP contribution in [0.25, 0.3) is 0 Å². The van der Waals surface area contributed by atoms with Crippen LogP contribution in [0.15, 0.2) is 24.3 Å². The van der Waals surface area contributed by atoms with Gasteiger partial charge in [-0.1, -0.05) is 44.9 Å². The number of alkyl halides is 3. The van der Waals surface area contributed by atoms with Gasteiger partial charge in [0.1, 0.15) is 5.75 Å². The van der Waals surface area contributed by atoms with Crippen molar-refractivity contribution in [2.24, 2.45) is 5.92 Å². The van der Waals surface area contributed by atoms with Crippen molar-refractivity contribution >= 4 is 0 Å². The van der Waals surface area contributed by atoms with Crippen molar-refractivity contribution in [2.45, 2.75) is 59.0 Å². The SMILES string of the molecule is CC(C)CCCC(C)NCc1ccccc1OC(F)(F)F. The first kappa shape index (κ1) is 17.8. The van der Waals surface area contributed by atoms with E-state index in [0.717, 1.165) is 12.8 Å². The van der Waals surface area contributed by atoms with Gasteiger partial charge in [0, 0.05) is 18.2 Å². The summed E-state index contributed by atoms with van der Waals surface area (Å²) < 4.78 is 41.0. The van der Waals surface area contributed by atoms with Crippen LogP contribution in [-0.2, 0) is 6.54 Å². The highest BCUT2D eigenvalue weighted by atomic mass is 19.4. The van der Waals surface area contributed by atoms with Crippen molar-refractivity contribution in [1.29, 1.82) is 0 Å². The van der Waals surface area contributed by atoms with Crippen LogP contribution in [0.3, 0.4) is 0 Å². The lowest BCUT2D eigenvalue weighted by molar-refractivity contribution is -0.274. The highest BCUT2D eigenvalue weighted by Gasteiger charge is 2.31. The maximum absolute atomic E-state index is 12.3. The third-order valence-corrected chi connectivity index (χ3v) is 3.26. The van der Waals surface area contributed by atoms with Crippen molar-refractivity contribution < 1.29 is 17.9 Å². The van der Waals surface area contributed by atoms with Gasteiger partial charge in [-0.2, -0.15) is 0 Å². The van der Waals surface area contributed by atoms with E-state index in [4.69, 9.17) is 0 Å². The summed E-state index contributed by atoms with van der Waals surface area (Å²) in [5, 5.41) is 3.25. The summed E-state index contributed by atoms with van der Waals surface area (Å²) >= 11 is 0. The number of hydrogen-bond acceptors (Lipinski definition) is 2. The Morgan fingerprint density at radius 3 is 2.38 bits per heavy atom. The highest BCUT2D eigenvalue weighted by molar-refractivity contribution is 5.33. The molecule has 1 unspecified atom stereocenters. The third-order valence-electron chi connectivity index (χ3n) is 3.26. The van der Waals surface area contributed by atoms with Crippen LogP contribution in [-0.4, -0.2) is 12.4 Å². The molecular weight excluding hydrogens is 279 g/mol. The van der Waals surface area contributed by atoms with Gasteiger partial charge >= 0.3 is 6.36 Å². The monoisotopic (exact) mass is 303 g/mol. The van der Waals surface area contributed by atoms with Crippen LogP contribution in [0, 0.1) is 5.92 Å². The van der Waals surface area contributed by atoms with Crippen molar-refractivity contribution in [1.82, 2.24) is 5.32 Å². The second kappa shape index (κ2) is 8.27. The predicted molar refractivity (Wildman–Crippen MR) is 78.1 cm³/mol. The van der Waals surface area contributed by atoms with Gasteiger partial charge in [-0.25, -0.2) is 0 Å². The van der Waals surface area contributed by atoms with Crippen LogP contribution in [0.4, 0.5) is 13.2 Å². The molecule has 0 amide bonds. The van der Waals surface area contributed by atoms with E-state index >= 15 is 0 Å². The first-order valence-corrected chi connectivity index (χ1v) is 7.35. The quantitative estimate of drug-likeness (QED) is 0.738. The van der Waals surface area contributed by atoms with E-state index in [0.29, 0.717) is 18.0 Å². The summed E-state index contributed by atoms with van der Waals surface area (Å²) in [6.07, 6.45) is -1.36. The zero-order chi connectivity index (χ0) is 15.9. The minimum Gasteiger partial charge on any atom is -0.405 e. The standard InChI is InChI=1S/C16H24F3NO/c1-12(2)7-6-8-13(3)20-11-14-9-4-5-10-15(14)21-16(17,18)19/h4-5,9-10,12-13,20H,6-8,11H2,1-3H3. The maximum atomic E-state index is 12.3. The zero-order valence-corrected chi connectivity index (χ0v) is 12.8. The lowest BCUT2D eigenvalue weighted by Gasteiger charge is -2.17. The van der Waals surface area contributed by atoms with Crippen molar-refractivity contribution in [2.75, 3.05) is 0 Å². The molecule has 1 atom stereocenters. The summed E-state index contributed by atoms with van der Waals surface area (Å²) in [6.45, 7) is 6.79. The molecule has 1 aromatic carbocycles. The van der Waals surface area contributed by atoms with E-state index in [1.54, 1.807) is 12.1 Å². The fourth-order valence-corrected chi connectivity index (χ4v) is 2.09. The van der Waals surface area contributed by atoms with Gasteiger partial charge in [-0.15, -0.1) is 13.2 Å². The van der Waals surface area contributed by atoms with Gasteiger partial charge in [0.2, 0.25) is 0 Å². The molecule has 1 aromatic rings. The Labute approximate surface area is 124 Å². The number of para-hydroxylation sites is 1. The number of hydrogen-bond donors (Lipinski definition) is 1. The van der Waals surface area contributed by atoms with E-state index in [1.807, 2.05) is 6.92 Å². The number of rotatable bonds is 8. The minimum absolute atomic E-state index is 0.133. The summed E-state index contributed by atoms with van der Waals surface area (Å²) in [7, 11) is 0. The van der Waals surface area contributed by atoms with Crippen molar-refractivity contribution in [3.63, 3.8) is 0 Å². The largest absolute Gasteiger partial charge is 0.573 e. The number of halogens is 3. The third kappa shape index (κ3) is 7.95. The van der Waals surface area contributed by atoms with Gasteiger partial charge in [-0.3, -0.25) is 0 Å². The fraction of sp³-hybridized carbons (Fsp3) is 0.625. The molecule has 0 fully saturated rings.